The molecule has 0 radical (unpaired) electrons. The quantitative estimate of drug-likeness (QED) is 0.251. The van der Waals surface area contributed by atoms with Crippen molar-refractivity contribution in [1.29, 1.82) is 0 Å². The average molecular weight is 253 g/mol. The molecule has 0 aliphatic rings. The molecule has 0 aliphatic heterocycles. The number of amides is 1. The zero-order chi connectivity index (χ0) is 13.1. The van der Waals surface area contributed by atoms with Gasteiger partial charge in [0.1, 0.15) is 0 Å². The molecule has 1 aromatic carbocycles. The van der Waals surface area contributed by atoms with E-state index in [0.29, 0.717) is 5.75 Å². The van der Waals surface area contributed by atoms with Gasteiger partial charge in [0.15, 0.2) is 0 Å². The summed E-state index contributed by atoms with van der Waals surface area (Å²) >= 11 is 1.62. The molecule has 5 N–H and O–H groups in total. The van der Waals surface area contributed by atoms with Crippen molar-refractivity contribution in [3.05, 3.63) is 23.8 Å². The van der Waals surface area contributed by atoms with Crippen molar-refractivity contribution >= 4 is 23.4 Å². The molecule has 1 amide bonds. The van der Waals surface area contributed by atoms with Crippen LogP contribution in [-0.2, 0) is 4.79 Å². The van der Waals surface area contributed by atoms with Crippen molar-refractivity contribution in [2.24, 2.45) is 11.3 Å². The smallest absolute Gasteiger partial charge is 0.240 e. The molecular formula is C12H19N3OS. The Balaban J connectivity index is 2.67. The number of rotatable bonds is 4. The van der Waals surface area contributed by atoms with E-state index in [4.69, 9.17) is 11.6 Å². The first kappa shape index (κ1) is 13.9. The van der Waals surface area contributed by atoms with Crippen LogP contribution in [0.5, 0.6) is 0 Å². The van der Waals surface area contributed by atoms with Crippen molar-refractivity contribution in [2.75, 3.05) is 11.5 Å². The Morgan fingerprint density at radius 2 is 2.12 bits per heavy atom. The lowest BCUT2D eigenvalue weighted by molar-refractivity contribution is -0.128. The molecule has 0 unspecified atom stereocenters. The van der Waals surface area contributed by atoms with Crippen LogP contribution in [0, 0.1) is 12.3 Å². The minimum absolute atomic E-state index is 0.155. The summed E-state index contributed by atoms with van der Waals surface area (Å²) in [5.74, 6) is 5.66. The Labute approximate surface area is 106 Å². The van der Waals surface area contributed by atoms with E-state index >= 15 is 0 Å². The maximum Gasteiger partial charge on any atom is 0.240 e. The van der Waals surface area contributed by atoms with Gasteiger partial charge < -0.3 is 5.73 Å². The first-order chi connectivity index (χ1) is 7.86. The molecule has 4 nitrogen and oxygen atoms in total. The lowest BCUT2D eigenvalue weighted by atomic mass is 9.96. The molecule has 5 heteroatoms. The molecule has 1 aromatic rings. The zero-order valence-corrected chi connectivity index (χ0v) is 11.2. The highest BCUT2D eigenvalue weighted by atomic mass is 32.2. The third-order valence-electron chi connectivity index (χ3n) is 2.59. The Kier molecular flexibility index (Phi) is 4.42. The summed E-state index contributed by atoms with van der Waals surface area (Å²) in [5.41, 5.74) is 9.29. The number of nitrogen functional groups attached to an aromatic ring is 1. The first-order valence-corrected chi connectivity index (χ1v) is 6.35. The second-order valence-corrected chi connectivity index (χ2v) is 5.71. The van der Waals surface area contributed by atoms with E-state index in [1.165, 1.54) is 0 Å². The number of benzene rings is 1. The third kappa shape index (κ3) is 3.64. The molecule has 0 saturated heterocycles. The summed E-state index contributed by atoms with van der Waals surface area (Å²) in [5, 5.41) is 0. The Hall–Kier alpha value is -1.20. The van der Waals surface area contributed by atoms with Crippen molar-refractivity contribution in [3.8, 4) is 0 Å². The molecule has 0 atom stereocenters. The fraction of sp³-hybridized carbons (Fsp3) is 0.417. The predicted molar refractivity (Wildman–Crippen MR) is 72.4 cm³/mol. The summed E-state index contributed by atoms with van der Waals surface area (Å²) < 4.78 is 0. The van der Waals surface area contributed by atoms with Gasteiger partial charge in [-0.25, -0.2) is 5.84 Å². The van der Waals surface area contributed by atoms with Gasteiger partial charge in [0.25, 0.3) is 0 Å². The molecule has 0 spiro atoms. The van der Waals surface area contributed by atoms with Crippen molar-refractivity contribution < 1.29 is 4.79 Å². The van der Waals surface area contributed by atoms with Gasteiger partial charge in [0, 0.05) is 16.3 Å². The number of hydrogen-bond acceptors (Lipinski definition) is 4. The van der Waals surface area contributed by atoms with E-state index in [1.807, 2.05) is 39.0 Å². The molecule has 0 bridgehead atoms. The van der Waals surface area contributed by atoms with Crippen molar-refractivity contribution in [3.63, 3.8) is 0 Å². The second-order valence-electron chi connectivity index (χ2n) is 4.66. The SMILES string of the molecule is Cc1cc(SCC(C)(C)C(=O)NN)ccc1N. The van der Waals surface area contributed by atoms with E-state index in [-0.39, 0.29) is 5.91 Å². The first-order valence-electron chi connectivity index (χ1n) is 5.37. The Bertz CT molecular complexity index is 418. The van der Waals surface area contributed by atoms with Gasteiger partial charge >= 0.3 is 0 Å². The number of nitrogens with one attached hydrogen (secondary N) is 1. The fourth-order valence-corrected chi connectivity index (χ4v) is 2.35. The summed E-state index contributed by atoms with van der Waals surface area (Å²) in [6.45, 7) is 5.70. The normalized spacial score (nSPS) is 11.3. The molecule has 1 rings (SSSR count). The molecule has 0 heterocycles. The maximum atomic E-state index is 11.5. The van der Waals surface area contributed by atoms with E-state index in [0.717, 1.165) is 16.1 Å². The second kappa shape index (κ2) is 5.42. The maximum absolute atomic E-state index is 11.5. The highest BCUT2D eigenvalue weighted by Crippen LogP contribution is 2.29. The topological polar surface area (TPSA) is 81.1 Å². The molecule has 0 saturated carbocycles. The van der Waals surface area contributed by atoms with Crippen LogP contribution in [-0.4, -0.2) is 11.7 Å². The van der Waals surface area contributed by atoms with Crippen molar-refractivity contribution in [1.82, 2.24) is 5.43 Å². The van der Waals surface area contributed by atoms with Crippen LogP contribution in [0.2, 0.25) is 0 Å². The van der Waals surface area contributed by atoms with Crippen LogP contribution in [0.15, 0.2) is 23.1 Å². The Morgan fingerprint density at radius 1 is 1.47 bits per heavy atom. The number of hydrazine groups is 1. The summed E-state index contributed by atoms with van der Waals surface area (Å²) in [4.78, 5) is 12.6. The molecule has 17 heavy (non-hydrogen) atoms. The third-order valence-corrected chi connectivity index (χ3v) is 4.04. The largest absolute Gasteiger partial charge is 0.399 e. The lowest BCUT2D eigenvalue weighted by Crippen LogP contribution is -2.42. The molecular weight excluding hydrogens is 234 g/mol. The van der Waals surface area contributed by atoms with Crippen LogP contribution >= 0.6 is 11.8 Å². The van der Waals surface area contributed by atoms with Crippen LogP contribution in [0.4, 0.5) is 5.69 Å². The van der Waals surface area contributed by atoms with Gasteiger partial charge in [0.2, 0.25) is 5.91 Å². The summed E-state index contributed by atoms with van der Waals surface area (Å²) in [6, 6.07) is 5.87. The molecule has 0 aliphatic carbocycles. The van der Waals surface area contributed by atoms with Gasteiger partial charge in [0.05, 0.1) is 5.41 Å². The number of hydrogen-bond donors (Lipinski definition) is 3. The Morgan fingerprint density at radius 3 is 2.65 bits per heavy atom. The number of carbonyl (C=O) groups is 1. The minimum atomic E-state index is -0.491. The van der Waals surface area contributed by atoms with Gasteiger partial charge in [-0.3, -0.25) is 10.2 Å². The van der Waals surface area contributed by atoms with Crippen LogP contribution < -0.4 is 17.0 Å². The lowest BCUT2D eigenvalue weighted by Gasteiger charge is -2.21. The molecule has 94 valence electrons. The zero-order valence-electron chi connectivity index (χ0n) is 10.4. The standard InChI is InChI=1S/C12H19N3OS/c1-8-6-9(4-5-10(8)13)17-7-12(2,3)11(16)15-14/h4-6H,7,13-14H2,1-3H3,(H,15,16). The highest BCUT2D eigenvalue weighted by Gasteiger charge is 2.26. The molecule has 0 aromatic heterocycles. The van der Waals surface area contributed by atoms with Gasteiger partial charge in [-0.15, -0.1) is 11.8 Å². The van der Waals surface area contributed by atoms with E-state index < -0.39 is 5.41 Å². The monoisotopic (exact) mass is 253 g/mol. The van der Waals surface area contributed by atoms with Gasteiger partial charge in [-0.2, -0.15) is 0 Å². The number of anilines is 1. The predicted octanol–water partition coefficient (Wildman–Crippen LogP) is 1.69. The van der Waals surface area contributed by atoms with Crippen molar-refractivity contribution in [2.45, 2.75) is 25.7 Å². The van der Waals surface area contributed by atoms with Gasteiger partial charge in [-0.1, -0.05) is 13.8 Å². The van der Waals surface area contributed by atoms with Gasteiger partial charge in [-0.05, 0) is 30.7 Å². The fourth-order valence-electron chi connectivity index (χ4n) is 1.26. The van der Waals surface area contributed by atoms with Crippen LogP contribution in [0.25, 0.3) is 0 Å². The highest BCUT2D eigenvalue weighted by molar-refractivity contribution is 7.99. The minimum Gasteiger partial charge on any atom is -0.399 e. The number of carbonyl (C=O) groups excluding carboxylic acids is 1. The number of thioether (sulfide) groups is 1. The number of nitrogens with two attached hydrogens (primary N) is 2. The van der Waals surface area contributed by atoms with Crippen LogP contribution in [0.1, 0.15) is 19.4 Å². The summed E-state index contributed by atoms with van der Waals surface area (Å²) in [6.07, 6.45) is 0. The molecule has 0 fully saturated rings. The van der Waals surface area contributed by atoms with Crippen LogP contribution in [0.3, 0.4) is 0 Å². The number of aryl methyl sites for hydroxylation is 1. The van der Waals surface area contributed by atoms with E-state index in [9.17, 15) is 4.79 Å². The average Bonchev–Trinajstić information content (AvgIpc) is 2.29. The van der Waals surface area contributed by atoms with E-state index in [1.54, 1.807) is 11.8 Å². The van der Waals surface area contributed by atoms with E-state index in [2.05, 4.69) is 5.43 Å². The summed E-state index contributed by atoms with van der Waals surface area (Å²) in [7, 11) is 0.